The topological polar surface area (TPSA) is 71.7 Å². The van der Waals surface area contributed by atoms with Crippen molar-refractivity contribution in [1.82, 2.24) is 15.6 Å². The summed E-state index contributed by atoms with van der Waals surface area (Å²) in [4.78, 5) is 8.64. The number of nitrogens with one attached hydrogen (secondary N) is 2. The number of guanidine groups is 1. The molecule has 1 unspecified atom stereocenters. The highest BCUT2D eigenvalue weighted by Gasteiger charge is 2.08. The molecule has 1 aromatic heterocycles. The van der Waals surface area contributed by atoms with E-state index >= 15 is 0 Å². The molecule has 0 bridgehead atoms. The average molecular weight is 302 g/mol. The fraction of sp³-hybridized carbons (Fsp3) is 0.375. The van der Waals surface area contributed by atoms with E-state index in [9.17, 15) is 0 Å². The van der Waals surface area contributed by atoms with Crippen LogP contribution in [0, 0.1) is 0 Å². The zero-order valence-corrected chi connectivity index (χ0v) is 13.2. The van der Waals surface area contributed by atoms with Gasteiger partial charge in [0.2, 0.25) is 5.89 Å². The minimum Gasteiger partial charge on any atom is -0.444 e. The van der Waals surface area contributed by atoms with Gasteiger partial charge in [-0.1, -0.05) is 18.2 Å². The molecular formula is C16H22N4O2. The summed E-state index contributed by atoms with van der Waals surface area (Å²) >= 11 is 0. The number of aliphatic imine (C=N–C) groups is 1. The first-order valence-corrected chi connectivity index (χ1v) is 7.19. The Bertz CT molecular complexity index is 595. The first kappa shape index (κ1) is 16.0. The Labute approximate surface area is 130 Å². The number of rotatable bonds is 6. The summed E-state index contributed by atoms with van der Waals surface area (Å²) < 4.78 is 10.6. The van der Waals surface area contributed by atoms with Gasteiger partial charge in [-0.15, -0.1) is 0 Å². The van der Waals surface area contributed by atoms with Gasteiger partial charge in [-0.3, -0.25) is 4.99 Å². The lowest BCUT2D eigenvalue weighted by Crippen LogP contribution is -2.43. The predicted molar refractivity (Wildman–Crippen MR) is 86.6 cm³/mol. The van der Waals surface area contributed by atoms with Gasteiger partial charge in [0.15, 0.2) is 5.96 Å². The number of oxazole rings is 1. The number of benzene rings is 1. The fourth-order valence-corrected chi connectivity index (χ4v) is 2.00. The summed E-state index contributed by atoms with van der Waals surface area (Å²) in [5.74, 6) is 1.32. The van der Waals surface area contributed by atoms with Crippen LogP contribution in [0.15, 0.2) is 46.0 Å². The third-order valence-electron chi connectivity index (χ3n) is 3.03. The van der Waals surface area contributed by atoms with Crippen LogP contribution in [-0.4, -0.2) is 37.7 Å². The minimum absolute atomic E-state index is 0.174. The quantitative estimate of drug-likeness (QED) is 0.631. The molecule has 0 saturated heterocycles. The lowest BCUT2D eigenvalue weighted by Gasteiger charge is -2.16. The van der Waals surface area contributed by atoms with Crippen molar-refractivity contribution in [1.29, 1.82) is 0 Å². The van der Waals surface area contributed by atoms with Crippen molar-refractivity contribution in [3.63, 3.8) is 0 Å². The molecule has 1 atom stereocenters. The van der Waals surface area contributed by atoms with Crippen molar-refractivity contribution in [3.8, 4) is 11.5 Å². The molecule has 2 rings (SSSR count). The van der Waals surface area contributed by atoms with Crippen LogP contribution in [0.25, 0.3) is 11.5 Å². The van der Waals surface area contributed by atoms with E-state index in [0.29, 0.717) is 25.0 Å². The number of methoxy groups -OCH3 is 1. The van der Waals surface area contributed by atoms with Gasteiger partial charge in [0.25, 0.3) is 0 Å². The molecule has 6 heteroatoms. The van der Waals surface area contributed by atoms with Crippen molar-refractivity contribution < 1.29 is 9.15 Å². The fourth-order valence-electron chi connectivity index (χ4n) is 2.00. The monoisotopic (exact) mass is 302 g/mol. The highest BCUT2D eigenvalue weighted by atomic mass is 16.5. The molecule has 6 nitrogen and oxygen atoms in total. The van der Waals surface area contributed by atoms with E-state index in [4.69, 9.17) is 9.15 Å². The molecule has 0 saturated carbocycles. The van der Waals surface area contributed by atoms with Crippen molar-refractivity contribution in [3.05, 3.63) is 42.3 Å². The van der Waals surface area contributed by atoms with E-state index in [1.165, 1.54) is 0 Å². The second-order valence-electron chi connectivity index (χ2n) is 4.94. The van der Waals surface area contributed by atoms with Gasteiger partial charge in [0, 0.05) is 25.8 Å². The molecule has 1 heterocycles. The normalized spacial score (nSPS) is 13.0. The summed E-state index contributed by atoms with van der Waals surface area (Å²) in [7, 11) is 3.40. The Kier molecular flexibility index (Phi) is 5.97. The van der Waals surface area contributed by atoms with Crippen molar-refractivity contribution >= 4 is 5.96 Å². The zero-order chi connectivity index (χ0) is 15.8. The Hall–Kier alpha value is -2.34. The molecule has 118 valence electrons. The van der Waals surface area contributed by atoms with Gasteiger partial charge in [-0.25, -0.2) is 4.98 Å². The SMILES string of the molecule is CN=C(NCc1coc(-c2ccccc2)n1)NC(C)COC. The maximum atomic E-state index is 5.50. The molecule has 0 radical (unpaired) electrons. The van der Waals surface area contributed by atoms with Crippen LogP contribution in [-0.2, 0) is 11.3 Å². The maximum Gasteiger partial charge on any atom is 0.226 e. The molecule has 0 aliphatic heterocycles. The Morgan fingerprint density at radius 2 is 2.14 bits per heavy atom. The molecule has 22 heavy (non-hydrogen) atoms. The highest BCUT2D eigenvalue weighted by Crippen LogP contribution is 2.17. The summed E-state index contributed by atoms with van der Waals surface area (Å²) in [6.07, 6.45) is 1.65. The molecule has 0 spiro atoms. The molecule has 0 fully saturated rings. The second kappa shape index (κ2) is 8.19. The summed E-state index contributed by atoms with van der Waals surface area (Å²) in [6.45, 7) is 3.18. The average Bonchev–Trinajstić information content (AvgIpc) is 3.01. The molecule has 0 aliphatic carbocycles. The molecule has 0 amide bonds. The van der Waals surface area contributed by atoms with Crippen LogP contribution in [0.1, 0.15) is 12.6 Å². The maximum absolute atomic E-state index is 5.50. The molecule has 2 aromatic rings. The Morgan fingerprint density at radius 1 is 1.36 bits per heavy atom. The number of hydrogen-bond acceptors (Lipinski definition) is 4. The smallest absolute Gasteiger partial charge is 0.226 e. The van der Waals surface area contributed by atoms with Crippen molar-refractivity contribution in [2.24, 2.45) is 4.99 Å². The van der Waals surface area contributed by atoms with Crippen molar-refractivity contribution in [2.75, 3.05) is 20.8 Å². The van der Waals surface area contributed by atoms with Crippen LogP contribution in [0.2, 0.25) is 0 Å². The van der Waals surface area contributed by atoms with E-state index in [1.807, 2.05) is 37.3 Å². The van der Waals surface area contributed by atoms with Gasteiger partial charge in [0.05, 0.1) is 18.8 Å². The molecular weight excluding hydrogens is 280 g/mol. The van der Waals surface area contributed by atoms with Crippen LogP contribution in [0.4, 0.5) is 0 Å². The van der Waals surface area contributed by atoms with Crippen LogP contribution >= 0.6 is 0 Å². The van der Waals surface area contributed by atoms with E-state index in [1.54, 1.807) is 20.4 Å². The second-order valence-corrected chi connectivity index (χ2v) is 4.94. The van der Waals surface area contributed by atoms with E-state index in [2.05, 4.69) is 20.6 Å². The summed E-state index contributed by atoms with van der Waals surface area (Å²) in [6, 6.07) is 9.99. The van der Waals surface area contributed by atoms with Crippen LogP contribution in [0.3, 0.4) is 0 Å². The highest BCUT2D eigenvalue weighted by molar-refractivity contribution is 5.79. The largest absolute Gasteiger partial charge is 0.444 e. The lowest BCUT2D eigenvalue weighted by atomic mass is 10.2. The van der Waals surface area contributed by atoms with E-state index in [-0.39, 0.29) is 6.04 Å². The van der Waals surface area contributed by atoms with Gasteiger partial charge < -0.3 is 19.8 Å². The minimum atomic E-state index is 0.174. The molecule has 1 aromatic carbocycles. The molecule has 2 N–H and O–H groups in total. The number of aromatic nitrogens is 1. The first-order valence-electron chi connectivity index (χ1n) is 7.19. The Morgan fingerprint density at radius 3 is 2.82 bits per heavy atom. The standard InChI is InChI=1S/C16H22N4O2/c1-12(10-21-3)19-16(17-2)18-9-14-11-22-15(20-14)13-7-5-4-6-8-13/h4-8,11-12H,9-10H2,1-3H3,(H2,17,18,19). The first-order chi connectivity index (χ1) is 10.7. The third kappa shape index (κ3) is 4.60. The number of nitrogens with zero attached hydrogens (tertiary/aromatic N) is 2. The number of hydrogen-bond donors (Lipinski definition) is 2. The summed E-state index contributed by atoms with van der Waals surface area (Å²) in [5.41, 5.74) is 1.78. The molecule has 0 aliphatic rings. The summed E-state index contributed by atoms with van der Waals surface area (Å²) in [5, 5.41) is 6.43. The Balaban J connectivity index is 1.90. The van der Waals surface area contributed by atoms with Gasteiger partial charge in [0.1, 0.15) is 6.26 Å². The lowest BCUT2D eigenvalue weighted by molar-refractivity contribution is 0.179. The predicted octanol–water partition coefficient (Wildman–Crippen LogP) is 2.04. The van der Waals surface area contributed by atoms with E-state index in [0.717, 1.165) is 11.3 Å². The van der Waals surface area contributed by atoms with E-state index < -0.39 is 0 Å². The number of ether oxygens (including phenoxy) is 1. The van der Waals surface area contributed by atoms with Crippen LogP contribution in [0.5, 0.6) is 0 Å². The zero-order valence-electron chi connectivity index (χ0n) is 13.2. The van der Waals surface area contributed by atoms with Gasteiger partial charge >= 0.3 is 0 Å². The van der Waals surface area contributed by atoms with Crippen molar-refractivity contribution in [2.45, 2.75) is 19.5 Å². The van der Waals surface area contributed by atoms with Crippen LogP contribution < -0.4 is 10.6 Å². The third-order valence-corrected chi connectivity index (χ3v) is 3.03. The van der Waals surface area contributed by atoms with Gasteiger partial charge in [-0.2, -0.15) is 0 Å². The van der Waals surface area contributed by atoms with Gasteiger partial charge in [-0.05, 0) is 19.1 Å².